The van der Waals surface area contributed by atoms with Crippen LogP contribution in [0.4, 0.5) is 5.13 Å². The number of carbonyl (C=O) groups is 2. The van der Waals surface area contributed by atoms with E-state index in [2.05, 4.69) is 20.8 Å². The first-order valence-electron chi connectivity index (χ1n) is 9.09. The van der Waals surface area contributed by atoms with Crippen molar-refractivity contribution in [3.05, 3.63) is 65.7 Å². The molecule has 2 aromatic carbocycles. The molecule has 0 unspecified atom stereocenters. The maximum absolute atomic E-state index is 12.8. The van der Waals surface area contributed by atoms with E-state index in [1.165, 1.54) is 18.4 Å². The number of nitrogens with zero attached hydrogens (tertiary/aromatic N) is 2. The van der Waals surface area contributed by atoms with Crippen molar-refractivity contribution in [1.82, 2.24) is 15.5 Å². The van der Waals surface area contributed by atoms with E-state index < -0.39 is 6.04 Å². The first-order chi connectivity index (χ1) is 14.0. The molecular weight excluding hydrogens is 388 g/mol. The molecule has 0 spiro atoms. The van der Waals surface area contributed by atoms with E-state index in [4.69, 9.17) is 4.74 Å². The average molecular weight is 410 g/mol. The Morgan fingerprint density at radius 3 is 2.62 bits per heavy atom. The Labute approximate surface area is 173 Å². The van der Waals surface area contributed by atoms with Crippen molar-refractivity contribution in [3.8, 4) is 10.6 Å². The monoisotopic (exact) mass is 410 g/mol. The van der Waals surface area contributed by atoms with Crippen LogP contribution in [0.5, 0.6) is 0 Å². The van der Waals surface area contributed by atoms with E-state index in [0.29, 0.717) is 16.6 Å². The lowest BCUT2D eigenvalue weighted by Crippen LogP contribution is -2.46. The Kier molecular flexibility index (Phi) is 7.04. The van der Waals surface area contributed by atoms with E-state index in [1.54, 1.807) is 0 Å². The number of aryl methyl sites for hydroxylation is 1. The molecule has 0 saturated carbocycles. The summed E-state index contributed by atoms with van der Waals surface area (Å²) in [5.74, 6) is -0.716. The van der Waals surface area contributed by atoms with E-state index >= 15 is 0 Å². The number of rotatable bonds is 8. The molecule has 2 amide bonds. The SMILES string of the molecule is COCC(=O)N[C@@H](Cc1ccccc1)C(=O)Nc1nnc(-c2cccc(C)c2)s1. The zero-order chi connectivity index (χ0) is 20.6. The molecular formula is C21H22N4O3S. The van der Waals surface area contributed by atoms with Crippen LogP contribution in [0.2, 0.25) is 0 Å². The van der Waals surface area contributed by atoms with Gasteiger partial charge in [-0.1, -0.05) is 65.4 Å². The summed E-state index contributed by atoms with van der Waals surface area (Å²) in [7, 11) is 1.43. The zero-order valence-corrected chi connectivity index (χ0v) is 17.0. The lowest BCUT2D eigenvalue weighted by Gasteiger charge is -2.17. The first kappa shape index (κ1) is 20.6. The van der Waals surface area contributed by atoms with E-state index in [9.17, 15) is 9.59 Å². The van der Waals surface area contributed by atoms with Gasteiger partial charge in [-0.25, -0.2) is 0 Å². The highest BCUT2D eigenvalue weighted by Gasteiger charge is 2.22. The molecule has 0 radical (unpaired) electrons. The van der Waals surface area contributed by atoms with Crippen molar-refractivity contribution >= 4 is 28.3 Å². The van der Waals surface area contributed by atoms with Gasteiger partial charge in [0.1, 0.15) is 17.7 Å². The number of hydrogen-bond donors (Lipinski definition) is 2. The second-order valence-electron chi connectivity index (χ2n) is 6.51. The van der Waals surface area contributed by atoms with Gasteiger partial charge in [0.05, 0.1) is 0 Å². The summed E-state index contributed by atoms with van der Waals surface area (Å²) in [6.45, 7) is 1.89. The third-order valence-electron chi connectivity index (χ3n) is 4.13. The number of benzene rings is 2. The molecule has 0 saturated heterocycles. The zero-order valence-electron chi connectivity index (χ0n) is 16.2. The smallest absolute Gasteiger partial charge is 0.249 e. The van der Waals surface area contributed by atoms with Crippen LogP contribution in [0.25, 0.3) is 10.6 Å². The summed E-state index contributed by atoms with van der Waals surface area (Å²) >= 11 is 1.28. The molecule has 1 atom stereocenters. The fraction of sp³-hybridized carbons (Fsp3) is 0.238. The van der Waals surface area contributed by atoms with Crippen LogP contribution in [-0.4, -0.2) is 41.8 Å². The molecule has 2 N–H and O–H groups in total. The summed E-state index contributed by atoms with van der Waals surface area (Å²) < 4.78 is 4.85. The van der Waals surface area contributed by atoms with E-state index in [0.717, 1.165) is 16.7 Å². The van der Waals surface area contributed by atoms with Gasteiger partial charge < -0.3 is 10.1 Å². The van der Waals surface area contributed by atoms with Crippen molar-refractivity contribution in [3.63, 3.8) is 0 Å². The molecule has 7 nitrogen and oxygen atoms in total. The van der Waals surface area contributed by atoms with Crippen LogP contribution in [0.15, 0.2) is 54.6 Å². The second kappa shape index (κ2) is 9.90. The normalized spacial score (nSPS) is 11.7. The highest BCUT2D eigenvalue weighted by Crippen LogP contribution is 2.27. The number of anilines is 1. The van der Waals surface area contributed by atoms with Gasteiger partial charge >= 0.3 is 0 Å². The molecule has 0 fully saturated rings. The minimum Gasteiger partial charge on any atom is -0.375 e. The largest absolute Gasteiger partial charge is 0.375 e. The average Bonchev–Trinajstić information content (AvgIpc) is 3.17. The van der Waals surface area contributed by atoms with Crippen molar-refractivity contribution in [2.75, 3.05) is 19.0 Å². The number of ether oxygens (including phenoxy) is 1. The lowest BCUT2D eigenvalue weighted by atomic mass is 10.1. The van der Waals surface area contributed by atoms with Crippen LogP contribution in [0, 0.1) is 6.92 Å². The minimum absolute atomic E-state index is 0.116. The van der Waals surface area contributed by atoms with Gasteiger partial charge in [-0.3, -0.25) is 14.9 Å². The highest BCUT2D eigenvalue weighted by atomic mass is 32.1. The lowest BCUT2D eigenvalue weighted by molar-refractivity contribution is -0.129. The van der Waals surface area contributed by atoms with Crippen LogP contribution < -0.4 is 10.6 Å². The molecule has 0 bridgehead atoms. The molecule has 1 aromatic heterocycles. The molecule has 8 heteroatoms. The summed E-state index contributed by atoms with van der Waals surface area (Å²) in [6.07, 6.45) is 0.353. The number of nitrogens with one attached hydrogen (secondary N) is 2. The van der Waals surface area contributed by atoms with Gasteiger partial charge in [0.15, 0.2) is 0 Å². The van der Waals surface area contributed by atoms with Gasteiger partial charge in [-0.05, 0) is 18.6 Å². The van der Waals surface area contributed by atoms with Crippen LogP contribution >= 0.6 is 11.3 Å². The quantitative estimate of drug-likeness (QED) is 0.596. The fourth-order valence-electron chi connectivity index (χ4n) is 2.79. The predicted molar refractivity (Wildman–Crippen MR) is 113 cm³/mol. The Bertz CT molecular complexity index is 975. The molecule has 29 heavy (non-hydrogen) atoms. The van der Waals surface area contributed by atoms with Gasteiger partial charge in [0.25, 0.3) is 0 Å². The minimum atomic E-state index is -0.758. The van der Waals surface area contributed by atoms with Crippen LogP contribution in [-0.2, 0) is 20.7 Å². The number of amides is 2. The first-order valence-corrected chi connectivity index (χ1v) is 9.90. The molecule has 3 aromatic rings. The highest BCUT2D eigenvalue weighted by molar-refractivity contribution is 7.18. The summed E-state index contributed by atoms with van der Waals surface area (Å²) in [5, 5.41) is 14.8. The van der Waals surface area contributed by atoms with Gasteiger partial charge in [-0.15, -0.1) is 10.2 Å². The Balaban J connectivity index is 1.72. The fourth-order valence-corrected chi connectivity index (χ4v) is 3.53. The molecule has 3 rings (SSSR count). The van der Waals surface area contributed by atoms with Crippen molar-refractivity contribution in [2.24, 2.45) is 0 Å². The third kappa shape index (κ3) is 5.94. The van der Waals surface area contributed by atoms with E-state index in [1.807, 2.05) is 61.5 Å². The van der Waals surface area contributed by atoms with Crippen LogP contribution in [0.1, 0.15) is 11.1 Å². The summed E-state index contributed by atoms with van der Waals surface area (Å²) in [6, 6.07) is 16.6. The predicted octanol–water partition coefficient (Wildman–Crippen LogP) is 2.83. The van der Waals surface area contributed by atoms with E-state index in [-0.39, 0.29) is 18.4 Å². The standard InChI is InChI=1S/C21H22N4O3S/c1-14-7-6-10-16(11-14)20-24-25-21(29-20)23-19(27)17(22-18(26)13-28-2)12-15-8-4-3-5-9-15/h3-11,17H,12-13H2,1-2H3,(H,22,26)(H,23,25,27)/t17-/m0/s1. The molecule has 150 valence electrons. The molecule has 0 aliphatic heterocycles. The van der Waals surface area contributed by atoms with Gasteiger partial charge in [0.2, 0.25) is 16.9 Å². The maximum Gasteiger partial charge on any atom is 0.249 e. The Hall–Kier alpha value is -3.10. The van der Waals surface area contributed by atoms with Crippen molar-refractivity contribution in [2.45, 2.75) is 19.4 Å². The molecule has 0 aliphatic carbocycles. The van der Waals surface area contributed by atoms with Crippen LogP contribution in [0.3, 0.4) is 0 Å². The third-order valence-corrected chi connectivity index (χ3v) is 5.02. The van der Waals surface area contributed by atoms with Crippen molar-refractivity contribution < 1.29 is 14.3 Å². The molecule has 0 aliphatic rings. The van der Waals surface area contributed by atoms with Gasteiger partial charge in [0, 0.05) is 19.1 Å². The summed E-state index contributed by atoms with van der Waals surface area (Å²) in [4.78, 5) is 24.8. The number of aromatic nitrogens is 2. The van der Waals surface area contributed by atoms with Crippen molar-refractivity contribution in [1.29, 1.82) is 0 Å². The number of methoxy groups -OCH3 is 1. The maximum atomic E-state index is 12.8. The Morgan fingerprint density at radius 2 is 1.90 bits per heavy atom. The number of carbonyl (C=O) groups excluding carboxylic acids is 2. The second-order valence-corrected chi connectivity index (χ2v) is 7.49. The topological polar surface area (TPSA) is 93.2 Å². The van der Waals surface area contributed by atoms with Gasteiger partial charge in [-0.2, -0.15) is 0 Å². The number of hydrogen-bond acceptors (Lipinski definition) is 6. The molecule has 1 heterocycles. The summed E-state index contributed by atoms with van der Waals surface area (Å²) in [5.41, 5.74) is 2.99. The Morgan fingerprint density at radius 1 is 1.10 bits per heavy atom.